The molecule has 0 amide bonds. The Bertz CT molecular complexity index is 408. The van der Waals surface area contributed by atoms with Crippen LogP contribution in [0.25, 0.3) is 0 Å². The van der Waals surface area contributed by atoms with Crippen molar-refractivity contribution < 1.29 is 9.84 Å². The van der Waals surface area contributed by atoms with Crippen LogP contribution < -0.4 is 10.1 Å². The van der Waals surface area contributed by atoms with Crippen LogP contribution in [0.3, 0.4) is 0 Å². The molecule has 2 N–H and O–H groups in total. The van der Waals surface area contributed by atoms with Gasteiger partial charge in [-0.05, 0) is 69.2 Å². The van der Waals surface area contributed by atoms with E-state index in [1.54, 1.807) is 7.11 Å². The second-order valence-electron chi connectivity index (χ2n) is 6.30. The SMILES string of the molecule is CCCNC1CCC(O)(CCc2ccc(OC)cc2)CC1. The zero-order chi connectivity index (χ0) is 15.1. The van der Waals surface area contributed by atoms with Crippen LogP contribution in [0.15, 0.2) is 24.3 Å². The molecule has 2 rings (SSSR count). The van der Waals surface area contributed by atoms with Crippen LogP contribution in [0.5, 0.6) is 5.75 Å². The van der Waals surface area contributed by atoms with Gasteiger partial charge in [0.25, 0.3) is 0 Å². The average Bonchev–Trinajstić information content (AvgIpc) is 2.53. The Labute approximate surface area is 128 Å². The second kappa shape index (κ2) is 7.81. The highest BCUT2D eigenvalue weighted by Crippen LogP contribution is 2.32. The minimum atomic E-state index is -0.468. The molecule has 0 aliphatic heterocycles. The van der Waals surface area contributed by atoms with Crippen molar-refractivity contribution in [1.82, 2.24) is 5.32 Å². The molecule has 1 aliphatic rings. The highest BCUT2D eigenvalue weighted by molar-refractivity contribution is 5.27. The van der Waals surface area contributed by atoms with Gasteiger partial charge in [0.2, 0.25) is 0 Å². The fraction of sp³-hybridized carbons (Fsp3) is 0.667. The molecule has 118 valence electrons. The fourth-order valence-corrected chi connectivity index (χ4v) is 3.13. The summed E-state index contributed by atoms with van der Waals surface area (Å²) < 4.78 is 5.17. The quantitative estimate of drug-likeness (QED) is 0.810. The van der Waals surface area contributed by atoms with Crippen LogP contribution >= 0.6 is 0 Å². The van der Waals surface area contributed by atoms with Crippen LogP contribution in [0, 0.1) is 0 Å². The Balaban J connectivity index is 1.77. The largest absolute Gasteiger partial charge is 0.497 e. The maximum atomic E-state index is 10.7. The minimum absolute atomic E-state index is 0.468. The minimum Gasteiger partial charge on any atom is -0.497 e. The van der Waals surface area contributed by atoms with Gasteiger partial charge < -0.3 is 15.2 Å². The van der Waals surface area contributed by atoms with Crippen LogP contribution in [0.1, 0.15) is 51.0 Å². The van der Waals surface area contributed by atoms with Gasteiger partial charge in [0.15, 0.2) is 0 Å². The Morgan fingerprint density at radius 1 is 1.24 bits per heavy atom. The van der Waals surface area contributed by atoms with Crippen molar-refractivity contribution in [3.63, 3.8) is 0 Å². The van der Waals surface area contributed by atoms with Crippen molar-refractivity contribution in [1.29, 1.82) is 0 Å². The zero-order valence-corrected chi connectivity index (χ0v) is 13.4. The number of hydrogen-bond donors (Lipinski definition) is 2. The monoisotopic (exact) mass is 291 g/mol. The summed E-state index contributed by atoms with van der Waals surface area (Å²) in [5, 5.41) is 14.3. The molecule has 0 heterocycles. The predicted octanol–water partition coefficient (Wildman–Crippen LogP) is 3.30. The molecule has 3 nitrogen and oxygen atoms in total. The first-order chi connectivity index (χ1) is 10.1. The van der Waals surface area contributed by atoms with Gasteiger partial charge in [0.05, 0.1) is 12.7 Å². The third-order valence-electron chi connectivity index (χ3n) is 4.64. The molecule has 1 saturated carbocycles. The molecule has 0 radical (unpaired) electrons. The summed E-state index contributed by atoms with van der Waals surface area (Å²) in [4.78, 5) is 0. The fourth-order valence-electron chi connectivity index (χ4n) is 3.13. The summed E-state index contributed by atoms with van der Waals surface area (Å²) in [5.41, 5.74) is 0.806. The molecule has 1 aliphatic carbocycles. The molecule has 0 atom stereocenters. The van der Waals surface area contributed by atoms with E-state index in [4.69, 9.17) is 4.74 Å². The summed E-state index contributed by atoms with van der Waals surface area (Å²) in [7, 11) is 1.68. The first kappa shape index (κ1) is 16.3. The number of methoxy groups -OCH3 is 1. The van der Waals surface area contributed by atoms with Crippen molar-refractivity contribution in [2.24, 2.45) is 0 Å². The molecule has 0 saturated heterocycles. The number of aryl methyl sites for hydroxylation is 1. The zero-order valence-electron chi connectivity index (χ0n) is 13.4. The van der Waals surface area contributed by atoms with Crippen LogP contribution in [0.4, 0.5) is 0 Å². The highest BCUT2D eigenvalue weighted by atomic mass is 16.5. The van der Waals surface area contributed by atoms with Gasteiger partial charge in [-0.3, -0.25) is 0 Å². The van der Waals surface area contributed by atoms with E-state index in [9.17, 15) is 5.11 Å². The van der Waals surface area contributed by atoms with E-state index in [0.29, 0.717) is 6.04 Å². The molecule has 0 aromatic heterocycles. The van der Waals surface area contributed by atoms with Crippen molar-refractivity contribution in [2.45, 2.75) is 63.5 Å². The lowest BCUT2D eigenvalue weighted by molar-refractivity contribution is -0.0106. The summed E-state index contributed by atoms with van der Waals surface area (Å²) in [6.07, 6.45) is 7.01. The van der Waals surface area contributed by atoms with Crippen LogP contribution in [-0.4, -0.2) is 30.4 Å². The Morgan fingerprint density at radius 2 is 1.90 bits per heavy atom. The van der Waals surface area contributed by atoms with Gasteiger partial charge in [-0.15, -0.1) is 0 Å². The van der Waals surface area contributed by atoms with Gasteiger partial charge in [0, 0.05) is 6.04 Å². The van der Waals surface area contributed by atoms with E-state index in [1.807, 2.05) is 12.1 Å². The van der Waals surface area contributed by atoms with Gasteiger partial charge in [-0.25, -0.2) is 0 Å². The molecule has 0 spiro atoms. The summed E-state index contributed by atoms with van der Waals surface area (Å²) in [6, 6.07) is 8.77. The number of rotatable bonds is 7. The number of nitrogens with one attached hydrogen (secondary N) is 1. The van der Waals surface area contributed by atoms with E-state index < -0.39 is 5.60 Å². The Kier molecular flexibility index (Phi) is 6.07. The van der Waals surface area contributed by atoms with E-state index in [-0.39, 0.29) is 0 Å². The van der Waals surface area contributed by atoms with Crippen LogP contribution in [0.2, 0.25) is 0 Å². The predicted molar refractivity (Wildman–Crippen MR) is 86.8 cm³/mol. The third kappa shape index (κ3) is 5.01. The molecule has 21 heavy (non-hydrogen) atoms. The topological polar surface area (TPSA) is 41.5 Å². The summed E-state index contributed by atoms with van der Waals surface area (Å²) in [6.45, 7) is 3.29. The summed E-state index contributed by atoms with van der Waals surface area (Å²) in [5.74, 6) is 0.889. The number of benzene rings is 1. The Hall–Kier alpha value is -1.06. The van der Waals surface area contributed by atoms with E-state index in [1.165, 1.54) is 12.0 Å². The molecule has 3 heteroatoms. The molecule has 1 aromatic carbocycles. The lowest BCUT2D eigenvalue weighted by Gasteiger charge is -2.36. The average molecular weight is 291 g/mol. The first-order valence-electron chi connectivity index (χ1n) is 8.24. The van der Waals surface area contributed by atoms with Gasteiger partial charge in [-0.1, -0.05) is 19.1 Å². The lowest BCUT2D eigenvalue weighted by Crippen LogP contribution is -2.41. The highest BCUT2D eigenvalue weighted by Gasteiger charge is 2.32. The molecule has 0 unspecified atom stereocenters. The van der Waals surface area contributed by atoms with E-state index in [0.717, 1.165) is 50.8 Å². The van der Waals surface area contributed by atoms with Crippen molar-refractivity contribution in [3.8, 4) is 5.75 Å². The number of aliphatic hydroxyl groups is 1. The van der Waals surface area contributed by atoms with Crippen molar-refractivity contribution >= 4 is 0 Å². The number of ether oxygens (including phenoxy) is 1. The van der Waals surface area contributed by atoms with Gasteiger partial charge in [-0.2, -0.15) is 0 Å². The maximum Gasteiger partial charge on any atom is 0.118 e. The lowest BCUT2D eigenvalue weighted by atomic mass is 9.79. The van der Waals surface area contributed by atoms with Gasteiger partial charge in [0.1, 0.15) is 5.75 Å². The van der Waals surface area contributed by atoms with E-state index >= 15 is 0 Å². The maximum absolute atomic E-state index is 10.7. The van der Waals surface area contributed by atoms with Crippen LogP contribution in [-0.2, 0) is 6.42 Å². The van der Waals surface area contributed by atoms with Crippen molar-refractivity contribution in [2.75, 3.05) is 13.7 Å². The normalized spacial score (nSPS) is 25.8. The molecule has 1 aromatic rings. The first-order valence-corrected chi connectivity index (χ1v) is 8.24. The van der Waals surface area contributed by atoms with E-state index in [2.05, 4.69) is 24.4 Å². The smallest absolute Gasteiger partial charge is 0.118 e. The molecule has 0 bridgehead atoms. The van der Waals surface area contributed by atoms with Crippen molar-refractivity contribution in [3.05, 3.63) is 29.8 Å². The molecule has 1 fully saturated rings. The number of hydrogen-bond acceptors (Lipinski definition) is 3. The van der Waals surface area contributed by atoms with Gasteiger partial charge >= 0.3 is 0 Å². The standard InChI is InChI=1S/C18H29NO2/c1-3-14-19-16-9-12-18(20,13-10-16)11-8-15-4-6-17(21-2)7-5-15/h4-7,16,19-20H,3,8-14H2,1-2H3. The molecular formula is C18H29NO2. The second-order valence-corrected chi connectivity index (χ2v) is 6.30. The summed E-state index contributed by atoms with van der Waals surface area (Å²) >= 11 is 0. The third-order valence-corrected chi connectivity index (χ3v) is 4.64. The Morgan fingerprint density at radius 3 is 2.48 bits per heavy atom. The molecular weight excluding hydrogens is 262 g/mol.